The van der Waals surface area contributed by atoms with E-state index in [1.807, 2.05) is 31.2 Å². The van der Waals surface area contributed by atoms with Gasteiger partial charge in [0.2, 0.25) is 11.8 Å². The summed E-state index contributed by atoms with van der Waals surface area (Å²) in [5, 5.41) is 2.68. The molecule has 1 N–H and O–H groups in total. The summed E-state index contributed by atoms with van der Waals surface area (Å²) in [6.07, 6.45) is 0. The Labute approximate surface area is 183 Å². The van der Waals surface area contributed by atoms with Crippen LogP contribution in [0.4, 0.5) is 5.69 Å². The van der Waals surface area contributed by atoms with Gasteiger partial charge in [-0.15, -0.1) is 0 Å². The van der Waals surface area contributed by atoms with Crippen LogP contribution in [0.2, 0.25) is 0 Å². The Morgan fingerprint density at radius 2 is 1.74 bits per heavy atom. The number of anilines is 1. The normalized spacial score (nSPS) is 11.7. The summed E-state index contributed by atoms with van der Waals surface area (Å²) in [6.45, 7) is 5.79. The van der Waals surface area contributed by atoms with Crippen molar-refractivity contribution < 1.29 is 23.0 Å². The van der Waals surface area contributed by atoms with Crippen LogP contribution in [0.5, 0.6) is 0 Å². The van der Waals surface area contributed by atoms with Crippen molar-refractivity contribution in [3.63, 3.8) is 0 Å². The molecule has 0 aliphatic carbocycles. The maximum atomic E-state index is 12.5. The van der Waals surface area contributed by atoms with Crippen molar-refractivity contribution in [2.24, 2.45) is 0 Å². The number of nitrogens with zero attached hydrogens (tertiary/aromatic N) is 1. The van der Waals surface area contributed by atoms with Crippen LogP contribution in [0.1, 0.15) is 34.3 Å². The predicted octanol–water partition coefficient (Wildman–Crippen LogP) is 4.02. The van der Waals surface area contributed by atoms with Crippen molar-refractivity contribution in [2.75, 3.05) is 17.7 Å². The van der Waals surface area contributed by atoms with Crippen LogP contribution in [-0.2, 0) is 26.1 Å². The van der Waals surface area contributed by atoms with Crippen LogP contribution in [0.3, 0.4) is 0 Å². The number of nitrogens with one attached hydrogen (secondary N) is 1. The van der Waals surface area contributed by atoms with E-state index >= 15 is 0 Å². The van der Waals surface area contributed by atoms with Crippen LogP contribution in [0.25, 0.3) is 11.5 Å². The van der Waals surface area contributed by atoms with Crippen molar-refractivity contribution in [3.05, 3.63) is 71.1 Å². The van der Waals surface area contributed by atoms with Gasteiger partial charge in [0.15, 0.2) is 0 Å². The molecule has 3 rings (SSSR count). The molecule has 7 nitrogen and oxygen atoms in total. The lowest BCUT2D eigenvalue weighted by atomic mass is 10.1. The molecule has 31 heavy (non-hydrogen) atoms. The number of esters is 1. The Balaban J connectivity index is 1.56. The minimum atomic E-state index is -1.45. The van der Waals surface area contributed by atoms with Crippen molar-refractivity contribution in [3.8, 4) is 11.5 Å². The lowest BCUT2D eigenvalue weighted by molar-refractivity contribution is -0.113. The highest BCUT2D eigenvalue weighted by atomic mass is 32.2. The van der Waals surface area contributed by atoms with E-state index in [9.17, 15) is 13.8 Å². The average Bonchev–Trinajstić information content (AvgIpc) is 3.09. The molecule has 0 radical (unpaired) electrons. The minimum absolute atomic E-state index is 0.121. The molecule has 0 fully saturated rings. The molecule has 0 unspecified atom stereocenters. The Morgan fingerprint density at radius 1 is 1.06 bits per heavy atom. The van der Waals surface area contributed by atoms with Crippen LogP contribution in [0.15, 0.2) is 52.9 Å². The lowest BCUT2D eigenvalue weighted by Crippen LogP contribution is -2.20. The fourth-order valence-electron chi connectivity index (χ4n) is 2.83. The number of oxazole rings is 1. The van der Waals surface area contributed by atoms with E-state index in [2.05, 4.69) is 10.3 Å². The second-order valence-corrected chi connectivity index (χ2v) is 8.42. The van der Waals surface area contributed by atoms with E-state index in [4.69, 9.17) is 9.15 Å². The number of amides is 1. The summed E-state index contributed by atoms with van der Waals surface area (Å²) in [6, 6.07) is 14.1. The first kappa shape index (κ1) is 22.4. The van der Waals surface area contributed by atoms with Gasteiger partial charge in [0, 0.05) is 22.1 Å². The van der Waals surface area contributed by atoms with Crippen molar-refractivity contribution in [2.45, 2.75) is 26.5 Å². The molecule has 0 spiro atoms. The van der Waals surface area contributed by atoms with E-state index in [0.717, 1.165) is 11.1 Å². The van der Waals surface area contributed by atoms with Gasteiger partial charge < -0.3 is 14.5 Å². The third-order valence-electron chi connectivity index (χ3n) is 4.46. The summed E-state index contributed by atoms with van der Waals surface area (Å²) in [4.78, 5) is 28.4. The lowest BCUT2D eigenvalue weighted by Gasteiger charge is -2.06. The summed E-state index contributed by atoms with van der Waals surface area (Å²) in [5.74, 6) is 0.188. The van der Waals surface area contributed by atoms with Gasteiger partial charge in [-0.05, 0) is 57.2 Å². The molecule has 0 aliphatic heterocycles. The summed E-state index contributed by atoms with van der Waals surface area (Å²) < 4.78 is 23.1. The fraction of sp³-hybridized carbons (Fsp3) is 0.261. The van der Waals surface area contributed by atoms with E-state index < -0.39 is 16.8 Å². The zero-order valence-corrected chi connectivity index (χ0v) is 18.5. The first-order chi connectivity index (χ1) is 14.9. The molecule has 162 valence electrons. The van der Waals surface area contributed by atoms with Crippen LogP contribution in [0, 0.1) is 13.8 Å². The Kier molecular flexibility index (Phi) is 7.36. The highest BCUT2D eigenvalue weighted by molar-refractivity contribution is 7.84. The summed E-state index contributed by atoms with van der Waals surface area (Å²) in [5.41, 5.74) is 3.45. The molecular formula is C23H24N2O5S. The Bertz CT molecular complexity index is 1090. The van der Waals surface area contributed by atoms with Crippen molar-refractivity contribution in [1.29, 1.82) is 0 Å². The number of carbonyl (C=O) groups is 2. The zero-order valence-electron chi connectivity index (χ0n) is 17.6. The number of ether oxygens (including phenoxy) is 1. The minimum Gasteiger partial charge on any atom is -0.462 e. The molecular weight excluding hydrogens is 416 g/mol. The standard InChI is InChI=1S/C23H24N2O5S/c1-4-29-23(27)18-9-11-19(12-10-18)24-21(26)14-31(28)13-20-16(3)30-22(25-20)17-7-5-15(2)6-8-17/h5-12H,4,13-14H2,1-3H3,(H,24,26)/t31-/m0/s1. The molecule has 1 amide bonds. The number of aryl methyl sites for hydroxylation is 2. The van der Waals surface area contributed by atoms with E-state index in [1.54, 1.807) is 38.1 Å². The predicted molar refractivity (Wildman–Crippen MR) is 119 cm³/mol. The van der Waals surface area contributed by atoms with Gasteiger partial charge in [-0.2, -0.15) is 0 Å². The van der Waals surface area contributed by atoms with Crippen LogP contribution < -0.4 is 5.32 Å². The number of benzene rings is 2. The van der Waals surface area contributed by atoms with Gasteiger partial charge >= 0.3 is 5.97 Å². The van der Waals surface area contributed by atoms with Crippen LogP contribution in [-0.4, -0.2) is 33.4 Å². The maximum absolute atomic E-state index is 12.5. The molecule has 8 heteroatoms. The van der Waals surface area contributed by atoms with Gasteiger partial charge in [-0.25, -0.2) is 9.78 Å². The fourth-order valence-corrected chi connectivity index (χ4v) is 3.87. The zero-order chi connectivity index (χ0) is 22.4. The molecule has 1 heterocycles. The Morgan fingerprint density at radius 3 is 2.39 bits per heavy atom. The van der Waals surface area contributed by atoms with Gasteiger partial charge in [0.25, 0.3) is 0 Å². The summed E-state index contributed by atoms with van der Waals surface area (Å²) in [7, 11) is -1.45. The highest BCUT2D eigenvalue weighted by Crippen LogP contribution is 2.23. The number of carbonyl (C=O) groups excluding carboxylic acids is 2. The molecule has 2 aromatic carbocycles. The SMILES string of the molecule is CCOC(=O)c1ccc(NC(=O)C[S@@](=O)Cc2nc(-c3ccc(C)cc3)oc2C)cc1. The second kappa shape index (κ2) is 10.2. The average molecular weight is 441 g/mol. The molecule has 0 saturated carbocycles. The first-order valence-corrected chi connectivity index (χ1v) is 11.3. The number of hydrogen-bond donors (Lipinski definition) is 1. The smallest absolute Gasteiger partial charge is 0.338 e. The topological polar surface area (TPSA) is 98.5 Å². The number of rotatable bonds is 8. The third kappa shape index (κ3) is 6.11. The number of aromatic nitrogens is 1. The molecule has 3 aromatic rings. The molecule has 1 aromatic heterocycles. The van der Waals surface area contributed by atoms with Gasteiger partial charge in [-0.3, -0.25) is 9.00 Å². The summed E-state index contributed by atoms with van der Waals surface area (Å²) >= 11 is 0. The maximum Gasteiger partial charge on any atom is 0.338 e. The van der Waals surface area contributed by atoms with Gasteiger partial charge in [0.05, 0.1) is 23.6 Å². The Hall–Kier alpha value is -3.26. The van der Waals surface area contributed by atoms with Crippen molar-refractivity contribution in [1.82, 2.24) is 4.98 Å². The number of hydrogen-bond acceptors (Lipinski definition) is 6. The van der Waals surface area contributed by atoms with E-state index in [1.165, 1.54) is 0 Å². The quantitative estimate of drug-likeness (QED) is 0.531. The monoisotopic (exact) mass is 440 g/mol. The van der Waals surface area contributed by atoms with Crippen molar-refractivity contribution >= 4 is 28.4 Å². The highest BCUT2D eigenvalue weighted by Gasteiger charge is 2.16. The molecule has 1 atom stereocenters. The molecule has 0 bridgehead atoms. The third-order valence-corrected chi connectivity index (χ3v) is 5.64. The molecule has 0 aliphatic rings. The van der Waals surface area contributed by atoms with E-state index in [-0.39, 0.29) is 17.4 Å². The van der Waals surface area contributed by atoms with Crippen LogP contribution >= 0.6 is 0 Å². The molecule has 0 saturated heterocycles. The second-order valence-electron chi connectivity index (χ2n) is 6.96. The first-order valence-electron chi connectivity index (χ1n) is 9.81. The van der Waals surface area contributed by atoms with E-state index in [0.29, 0.717) is 35.2 Å². The van der Waals surface area contributed by atoms with Gasteiger partial charge in [-0.1, -0.05) is 17.7 Å². The largest absolute Gasteiger partial charge is 0.462 e. The van der Waals surface area contributed by atoms with Gasteiger partial charge in [0.1, 0.15) is 11.5 Å².